The molecule has 2 bridgehead atoms. The highest BCUT2D eigenvalue weighted by atomic mass is 16.4. The van der Waals surface area contributed by atoms with Crippen molar-refractivity contribution < 1.29 is 9.90 Å². The molecule has 0 fully saturated rings. The molecule has 16 heavy (non-hydrogen) atoms. The molecule has 3 rings (SSSR count). The number of benzene rings is 2. The summed E-state index contributed by atoms with van der Waals surface area (Å²) in [7, 11) is 0. The van der Waals surface area contributed by atoms with Crippen molar-refractivity contribution in [3.05, 3.63) is 47.5 Å². The zero-order valence-corrected chi connectivity index (χ0v) is 8.97. The Kier molecular flexibility index (Phi) is 2.73. The average Bonchev–Trinajstić information content (AvgIpc) is 2.61. The van der Waals surface area contributed by atoms with E-state index in [1.165, 1.54) is 21.9 Å². The van der Waals surface area contributed by atoms with Gasteiger partial charge in [0, 0.05) is 6.92 Å². The highest BCUT2D eigenvalue weighted by molar-refractivity contribution is 5.98. The fourth-order valence-electron chi connectivity index (χ4n) is 1.78. The molecule has 0 saturated carbocycles. The second kappa shape index (κ2) is 4.19. The van der Waals surface area contributed by atoms with Gasteiger partial charge in [0.15, 0.2) is 0 Å². The second-order valence-corrected chi connectivity index (χ2v) is 3.68. The van der Waals surface area contributed by atoms with Gasteiger partial charge in [-0.15, -0.1) is 0 Å². The van der Waals surface area contributed by atoms with Gasteiger partial charge in [-0.2, -0.15) is 0 Å². The van der Waals surface area contributed by atoms with Gasteiger partial charge in [0.25, 0.3) is 5.97 Å². The Labute approximate surface area is 93.8 Å². The molecule has 0 unspecified atom stereocenters. The molecule has 0 heterocycles. The molecule has 0 atom stereocenters. The summed E-state index contributed by atoms with van der Waals surface area (Å²) >= 11 is 0. The summed E-state index contributed by atoms with van der Waals surface area (Å²) < 4.78 is 0. The van der Waals surface area contributed by atoms with E-state index >= 15 is 0 Å². The van der Waals surface area contributed by atoms with Gasteiger partial charge in [-0.25, -0.2) is 0 Å². The molecule has 80 valence electrons. The van der Waals surface area contributed by atoms with Crippen LogP contribution in [-0.2, 0) is 4.79 Å². The van der Waals surface area contributed by atoms with E-state index in [1.54, 1.807) is 0 Å². The van der Waals surface area contributed by atoms with Gasteiger partial charge in [0.1, 0.15) is 0 Å². The van der Waals surface area contributed by atoms with Crippen molar-refractivity contribution in [1.29, 1.82) is 0 Å². The van der Waals surface area contributed by atoms with E-state index in [4.69, 9.17) is 9.90 Å². The Morgan fingerprint density at radius 2 is 1.81 bits per heavy atom. The summed E-state index contributed by atoms with van der Waals surface area (Å²) in [5, 5.41) is 10.1. The van der Waals surface area contributed by atoms with E-state index in [1.807, 2.05) is 0 Å². The van der Waals surface area contributed by atoms with Crippen LogP contribution in [0, 0.1) is 0 Å². The average molecular weight is 212 g/mol. The molecule has 0 radical (unpaired) electrons. The smallest absolute Gasteiger partial charge is 0.300 e. The second-order valence-electron chi connectivity index (χ2n) is 3.68. The first-order chi connectivity index (χ1) is 7.66. The van der Waals surface area contributed by atoms with Gasteiger partial charge < -0.3 is 5.11 Å². The largest absolute Gasteiger partial charge is 0.481 e. The number of aliphatic carboxylic acids is 1. The lowest BCUT2D eigenvalue weighted by molar-refractivity contribution is -0.134. The Hall–Kier alpha value is -2.09. The first-order valence-corrected chi connectivity index (χ1v) is 5.07. The van der Waals surface area contributed by atoms with Gasteiger partial charge in [-0.1, -0.05) is 36.4 Å². The van der Waals surface area contributed by atoms with Crippen molar-refractivity contribution >= 4 is 28.9 Å². The van der Waals surface area contributed by atoms with E-state index in [0.717, 1.165) is 6.92 Å². The predicted octanol–water partition coefficient (Wildman–Crippen LogP) is 3.41. The summed E-state index contributed by atoms with van der Waals surface area (Å²) in [6.45, 7) is 1.08. The quantitative estimate of drug-likeness (QED) is 0.620. The Bertz CT molecular complexity index is 564. The number of fused-ring (bicyclic) bond motifs is 4. The van der Waals surface area contributed by atoms with Crippen molar-refractivity contribution in [3.63, 3.8) is 0 Å². The molecule has 0 amide bonds. The molecule has 0 saturated heterocycles. The van der Waals surface area contributed by atoms with Crippen molar-refractivity contribution in [2.24, 2.45) is 0 Å². The fraction of sp³-hybridized carbons (Fsp3) is 0.0714. The van der Waals surface area contributed by atoms with Crippen LogP contribution in [-0.4, -0.2) is 11.1 Å². The fourth-order valence-corrected chi connectivity index (χ4v) is 1.78. The zero-order chi connectivity index (χ0) is 11.5. The first-order valence-electron chi connectivity index (χ1n) is 5.07. The lowest BCUT2D eigenvalue weighted by Crippen LogP contribution is -1.78. The third kappa shape index (κ3) is 2.11. The maximum Gasteiger partial charge on any atom is 0.300 e. The molecule has 2 aromatic rings. The summed E-state index contributed by atoms with van der Waals surface area (Å²) in [5.74, 6) is -0.833. The van der Waals surface area contributed by atoms with Gasteiger partial charge in [-0.3, -0.25) is 4.79 Å². The molecule has 2 nitrogen and oxygen atoms in total. The minimum absolute atomic E-state index is 0.833. The Morgan fingerprint density at radius 3 is 2.56 bits per heavy atom. The normalized spacial score (nSPS) is 11.1. The minimum atomic E-state index is -0.833. The minimum Gasteiger partial charge on any atom is -0.481 e. The van der Waals surface area contributed by atoms with Crippen LogP contribution in [0.4, 0.5) is 0 Å². The first kappa shape index (κ1) is 10.4. The van der Waals surface area contributed by atoms with Gasteiger partial charge in [-0.05, 0) is 34.0 Å². The SMILES string of the molecule is C1=Cc2cc1cc1ccccc21.CC(=O)O. The van der Waals surface area contributed by atoms with E-state index in [2.05, 4.69) is 48.6 Å². The van der Waals surface area contributed by atoms with Crippen LogP contribution >= 0.6 is 0 Å². The van der Waals surface area contributed by atoms with E-state index in [9.17, 15) is 0 Å². The number of hydrogen-bond acceptors (Lipinski definition) is 1. The molecule has 2 aromatic carbocycles. The van der Waals surface area contributed by atoms with Crippen LogP contribution in [0.5, 0.6) is 0 Å². The molecule has 0 aromatic heterocycles. The molecule has 1 aliphatic rings. The lowest BCUT2D eigenvalue weighted by atomic mass is 10.1. The number of carboxylic acids is 1. The van der Waals surface area contributed by atoms with Crippen molar-refractivity contribution in [1.82, 2.24) is 0 Å². The van der Waals surface area contributed by atoms with Crippen molar-refractivity contribution in [2.75, 3.05) is 0 Å². The molecule has 1 aliphatic carbocycles. The molecule has 1 N–H and O–H groups in total. The number of carbonyl (C=O) groups is 1. The summed E-state index contributed by atoms with van der Waals surface area (Å²) in [4.78, 5) is 9.00. The molecular formula is C14H12O2. The van der Waals surface area contributed by atoms with Crippen LogP contribution in [0.2, 0.25) is 0 Å². The summed E-state index contributed by atoms with van der Waals surface area (Å²) in [6, 6.07) is 13.0. The van der Waals surface area contributed by atoms with Crippen molar-refractivity contribution in [2.45, 2.75) is 6.92 Å². The Balaban J connectivity index is 0.000000212. The van der Waals surface area contributed by atoms with Crippen LogP contribution in [0.25, 0.3) is 22.9 Å². The predicted molar refractivity (Wildman–Crippen MR) is 66.2 cm³/mol. The van der Waals surface area contributed by atoms with E-state index < -0.39 is 5.97 Å². The maximum atomic E-state index is 9.00. The van der Waals surface area contributed by atoms with Gasteiger partial charge >= 0.3 is 0 Å². The third-order valence-electron chi connectivity index (χ3n) is 2.37. The van der Waals surface area contributed by atoms with Gasteiger partial charge in [0.2, 0.25) is 0 Å². The van der Waals surface area contributed by atoms with E-state index in [-0.39, 0.29) is 0 Å². The van der Waals surface area contributed by atoms with Crippen LogP contribution in [0.3, 0.4) is 0 Å². The van der Waals surface area contributed by atoms with Crippen LogP contribution in [0.15, 0.2) is 36.4 Å². The highest BCUT2D eigenvalue weighted by Gasteiger charge is 2.04. The number of carboxylic acid groups (broad SMARTS) is 1. The van der Waals surface area contributed by atoms with Crippen LogP contribution < -0.4 is 0 Å². The third-order valence-corrected chi connectivity index (χ3v) is 2.37. The highest BCUT2D eigenvalue weighted by Crippen LogP contribution is 2.27. The Morgan fingerprint density at radius 1 is 1.12 bits per heavy atom. The van der Waals surface area contributed by atoms with Gasteiger partial charge in [0.05, 0.1) is 0 Å². The molecule has 2 heteroatoms. The monoisotopic (exact) mass is 212 g/mol. The van der Waals surface area contributed by atoms with Crippen LogP contribution in [0.1, 0.15) is 18.1 Å². The standard InChI is InChI=1S/C12H8.C2H4O2/c1-2-4-12-10(3-1)7-9-5-6-11(12)8-9;1-2(3)4/h1-8H;1H3,(H,3,4). The molecular weight excluding hydrogens is 200 g/mol. The topological polar surface area (TPSA) is 37.3 Å². The zero-order valence-electron chi connectivity index (χ0n) is 8.97. The molecule has 0 spiro atoms. The number of hydrogen-bond donors (Lipinski definition) is 1. The summed E-state index contributed by atoms with van der Waals surface area (Å²) in [5.41, 5.74) is 2.67. The maximum absolute atomic E-state index is 9.00. The van der Waals surface area contributed by atoms with Crippen molar-refractivity contribution in [3.8, 4) is 0 Å². The number of rotatable bonds is 0. The summed E-state index contributed by atoms with van der Waals surface area (Å²) in [6.07, 6.45) is 4.34. The van der Waals surface area contributed by atoms with E-state index in [0.29, 0.717) is 0 Å². The molecule has 0 aliphatic heterocycles. The lowest BCUT2D eigenvalue weighted by Gasteiger charge is -1.98.